The fraction of sp³-hybridized carbons (Fsp3) is 1.00. The summed E-state index contributed by atoms with van der Waals surface area (Å²) in [5, 5.41) is 0. The molecule has 1 saturated heterocycles. The number of hydrogen-bond acceptors (Lipinski definition) is 4. The number of hydrogen-bond donors (Lipinski definition) is 0. The predicted octanol–water partition coefficient (Wildman–Crippen LogP) is 2.46. The van der Waals surface area contributed by atoms with Crippen molar-refractivity contribution in [2.24, 2.45) is 0 Å². The third kappa shape index (κ3) is 3.41. The zero-order valence-electron chi connectivity index (χ0n) is 10.9. The van der Waals surface area contributed by atoms with Crippen molar-refractivity contribution in [1.82, 2.24) is 0 Å². The van der Waals surface area contributed by atoms with Gasteiger partial charge in [-0.2, -0.15) is 0 Å². The molecule has 2 rings (SSSR count). The van der Waals surface area contributed by atoms with E-state index in [0.717, 1.165) is 38.7 Å². The zero-order chi connectivity index (χ0) is 12.1. The average Bonchev–Trinajstić information content (AvgIpc) is 2.41. The second-order valence-electron chi connectivity index (χ2n) is 4.95. The lowest BCUT2D eigenvalue weighted by Gasteiger charge is -2.38. The normalized spacial score (nSPS) is 30.4. The second-order valence-corrected chi connectivity index (χ2v) is 4.95. The third-order valence-electron chi connectivity index (χ3n) is 3.92. The second kappa shape index (κ2) is 6.14. The van der Waals surface area contributed by atoms with Gasteiger partial charge in [-0.3, -0.25) is 0 Å². The van der Waals surface area contributed by atoms with E-state index in [1.165, 1.54) is 12.8 Å². The van der Waals surface area contributed by atoms with Crippen LogP contribution >= 0.6 is 0 Å². The van der Waals surface area contributed by atoms with E-state index in [1.54, 1.807) is 14.2 Å². The Labute approximate surface area is 104 Å². The largest absolute Gasteiger partial charge is 0.353 e. The fourth-order valence-electron chi connectivity index (χ4n) is 2.69. The molecule has 17 heavy (non-hydrogen) atoms. The van der Waals surface area contributed by atoms with Crippen LogP contribution in [0.15, 0.2) is 0 Å². The van der Waals surface area contributed by atoms with Gasteiger partial charge < -0.3 is 18.9 Å². The minimum absolute atomic E-state index is 0.0198. The first kappa shape index (κ1) is 13.3. The Hall–Kier alpha value is -0.160. The van der Waals surface area contributed by atoms with E-state index in [1.807, 2.05) is 0 Å². The lowest BCUT2D eigenvalue weighted by molar-refractivity contribution is -0.251. The Balaban J connectivity index is 1.74. The molecule has 1 heterocycles. The van der Waals surface area contributed by atoms with Crippen molar-refractivity contribution in [2.75, 3.05) is 20.8 Å². The van der Waals surface area contributed by atoms with Crippen LogP contribution in [0.2, 0.25) is 0 Å². The van der Waals surface area contributed by atoms with Crippen LogP contribution in [0.1, 0.15) is 44.9 Å². The summed E-state index contributed by atoms with van der Waals surface area (Å²) in [5.74, 6) is -0.382. The van der Waals surface area contributed by atoms with Crippen LogP contribution < -0.4 is 0 Å². The van der Waals surface area contributed by atoms with Crippen molar-refractivity contribution in [3.8, 4) is 0 Å². The van der Waals surface area contributed by atoms with Crippen molar-refractivity contribution >= 4 is 0 Å². The van der Waals surface area contributed by atoms with Crippen molar-refractivity contribution in [1.29, 1.82) is 0 Å². The summed E-state index contributed by atoms with van der Waals surface area (Å²) in [6, 6.07) is 0. The fourth-order valence-corrected chi connectivity index (χ4v) is 2.69. The molecule has 2 fully saturated rings. The Bertz CT molecular complexity index is 211. The van der Waals surface area contributed by atoms with Gasteiger partial charge in [0.1, 0.15) is 0 Å². The first-order chi connectivity index (χ1) is 8.28. The molecule has 0 aromatic rings. The topological polar surface area (TPSA) is 36.9 Å². The first-order valence-corrected chi connectivity index (χ1v) is 6.65. The van der Waals surface area contributed by atoms with Crippen LogP contribution in [0.25, 0.3) is 0 Å². The average molecular weight is 244 g/mol. The van der Waals surface area contributed by atoms with Crippen LogP contribution in [-0.2, 0) is 18.9 Å². The summed E-state index contributed by atoms with van der Waals surface area (Å²) in [6.07, 6.45) is 7.52. The summed E-state index contributed by atoms with van der Waals surface area (Å²) in [7, 11) is 3.43. The van der Waals surface area contributed by atoms with Crippen molar-refractivity contribution in [3.63, 3.8) is 0 Å². The minimum Gasteiger partial charge on any atom is -0.353 e. The molecule has 0 aromatic carbocycles. The molecule has 1 aliphatic carbocycles. The standard InChI is InChI=1S/C13H24O4/c1-14-13(15-2)8-6-11(7-9-13)17-12-5-3-4-10-16-12/h11-12H,3-10H2,1-2H3. The summed E-state index contributed by atoms with van der Waals surface area (Å²) in [6.45, 7) is 0.845. The number of rotatable bonds is 4. The highest BCUT2D eigenvalue weighted by atomic mass is 16.7. The Kier molecular flexibility index (Phi) is 4.79. The molecule has 1 saturated carbocycles. The molecule has 100 valence electrons. The van der Waals surface area contributed by atoms with E-state index in [9.17, 15) is 0 Å². The SMILES string of the molecule is COC1(OC)CCC(OC2CCCCO2)CC1. The summed E-state index contributed by atoms with van der Waals surface area (Å²) in [4.78, 5) is 0. The smallest absolute Gasteiger partial charge is 0.167 e. The number of methoxy groups -OCH3 is 2. The van der Waals surface area contributed by atoms with Crippen LogP contribution in [0.3, 0.4) is 0 Å². The van der Waals surface area contributed by atoms with E-state index in [2.05, 4.69) is 0 Å². The zero-order valence-corrected chi connectivity index (χ0v) is 10.9. The third-order valence-corrected chi connectivity index (χ3v) is 3.92. The highest BCUT2D eigenvalue weighted by molar-refractivity contribution is 4.80. The molecule has 1 aliphatic heterocycles. The molecule has 0 bridgehead atoms. The molecular formula is C13H24O4. The number of ether oxygens (including phenoxy) is 4. The summed E-state index contributed by atoms with van der Waals surface area (Å²) < 4.78 is 22.5. The maximum atomic E-state index is 5.98. The van der Waals surface area contributed by atoms with Crippen molar-refractivity contribution in [3.05, 3.63) is 0 Å². The van der Waals surface area contributed by atoms with E-state index in [-0.39, 0.29) is 12.1 Å². The molecular weight excluding hydrogens is 220 g/mol. The Morgan fingerprint density at radius 3 is 2.24 bits per heavy atom. The van der Waals surface area contributed by atoms with Gasteiger partial charge in [-0.25, -0.2) is 0 Å². The van der Waals surface area contributed by atoms with Gasteiger partial charge in [-0.05, 0) is 32.1 Å². The maximum absolute atomic E-state index is 5.98. The van der Waals surface area contributed by atoms with Crippen LogP contribution in [0.4, 0.5) is 0 Å². The van der Waals surface area contributed by atoms with Crippen LogP contribution in [0, 0.1) is 0 Å². The molecule has 1 unspecified atom stereocenters. The van der Waals surface area contributed by atoms with E-state index in [4.69, 9.17) is 18.9 Å². The molecule has 0 aromatic heterocycles. The molecule has 2 aliphatic rings. The molecule has 0 N–H and O–H groups in total. The lowest BCUT2D eigenvalue weighted by Crippen LogP contribution is -2.41. The molecule has 0 radical (unpaired) electrons. The lowest BCUT2D eigenvalue weighted by atomic mass is 9.91. The minimum atomic E-state index is -0.382. The molecule has 1 atom stereocenters. The van der Waals surface area contributed by atoms with E-state index >= 15 is 0 Å². The molecule has 0 amide bonds. The van der Waals surface area contributed by atoms with Gasteiger partial charge in [0.15, 0.2) is 12.1 Å². The summed E-state index contributed by atoms with van der Waals surface area (Å²) >= 11 is 0. The van der Waals surface area contributed by atoms with Crippen LogP contribution in [-0.4, -0.2) is 39.0 Å². The maximum Gasteiger partial charge on any atom is 0.167 e. The van der Waals surface area contributed by atoms with Gasteiger partial charge in [0.05, 0.1) is 6.10 Å². The van der Waals surface area contributed by atoms with Crippen LogP contribution in [0.5, 0.6) is 0 Å². The van der Waals surface area contributed by atoms with Gasteiger partial charge in [0, 0.05) is 33.7 Å². The molecule has 4 heteroatoms. The quantitative estimate of drug-likeness (QED) is 0.712. The molecule has 0 spiro atoms. The predicted molar refractivity (Wildman–Crippen MR) is 63.7 cm³/mol. The molecule has 4 nitrogen and oxygen atoms in total. The first-order valence-electron chi connectivity index (χ1n) is 6.65. The van der Waals surface area contributed by atoms with Gasteiger partial charge in [0.25, 0.3) is 0 Å². The monoisotopic (exact) mass is 244 g/mol. The van der Waals surface area contributed by atoms with E-state index < -0.39 is 0 Å². The van der Waals surface area contributed by atoms with Gasteiger partial charge in [-0.1, -0.05) is 0 Å². The van der Waals surface area contributed by atoms with Gasteiger partial charge in [-0.15, -0.1) is 0 Å². The summed E-state index contributed by atoms with van der Waals surface area (Å²) in [5.41, 5.74) is 0. The van der Waals surface area contributed by atoms with Crippen molar-refractivity contribution in [2.45, 2.75) is 63.1 Å². The Morgan fingerprint density at radius 1 is 1.00 bits per heavy atom. The van der Waals surface area contributed by atoms with Crippen molar-refractivity contribution < 1.29 is 18.9 Å². The van der Waals surface area contributed by atoms with Gasteiger partial charge in [0.2, 0.25) is 0 Å². The Morgan fingerprint density at radius 2 is 1.71 bits per heavy atom. The highest BCUT2D eigenvalue weighted by Gasteiger charge is 2.36. The van der Waals surface area contributed by atoms with E-state index in [0.29, 0.717) is 6.10 Å². The highest BCUT2D eigenvalue weighted by Crippen LogP contribution is 2.34. The van der Waals surface area contributed by atoms with Gasteiger partial charge >= 0.3 is 0 Å².